The van der Waals surface area contributed by atoms with Crippen molar-refractivity contribution in [3.63, 3.8) is 0 Å². The van der Waals surface area contributed by atoms with E-state index in [1.54, 1.807) is 30.3 Å². The lowest BCUT2D eigenvalue weighted by atomic mass is 10.00. The van der Waals surface area contributed by atoms with Gasteiger partial charge in [-0.25, -0.2) is 4.79 Å². The summed E-state index contributed by atoms with van der Waals surface area (Å²) in [5, 5.41) is 11.8. The van der Waals surface area contributed by atoms with Gasteiger partial charge in [0.15, 0.2) is 6.04 Å². The number of aliphatic carboxylic acids is 1. The predicted molar refractivity (Wildman–Crippen MR) is 68.5 cm³/mol. The molecule has 1 fully saturated rings. The maximum atomic E-state index is 12.0. The molecule has 1 amide bonds. The fraction of sp³-hybridized carbons (Fsp3) is 0.429. The van der Waals surface area contributed by atoms with Crippen molar-refractivity contribution >= 4 is 11.9 Å². The maximum absolute atomic E-state index is 12.0. The highest BCUT2D eigenvalue weighted by Gasteiger charge is 2.27. The third kappa shape index (κ3) is 3.54. The highest BCUT2D eigenvalue weighted by atomic mass is 16.5. The summed E-state index contributed by atoms with van der Waals surface area (Å²) in [4.78, 5) is 23.3. The topological polar surface area (TPSA) is 75.6 Å². The zero-order valence-electron chi connectivity index (χ0n) is 10.5. The maximum Gasteiger partial charge on any atom is 0.330 e. The molecule has 1 aromatic rings. The third-order valence-corrected chi connectivity index (χ3v) is 3.20. The number of carbonyl (C=O) groups is 2. The summed E-state index contributed by atoms with van der Waals surface area (Å²) >= 11 is 0. The van der Waals surface area contributed by atoms with Crippen LogP contribution >= 0.6 is 0 Å². The molecule has 2 atom stereocenters. The van der Waals surface area contributed by atoms with Crippen molar-refractivity contribution in [1.82, 2.24) is 5.32 Å². The fourth-order valence-electron chi connectivity index (χ4n) is 2.14. The van der Waals surface area contributed by atoms with Gasteiger partial charge in [0, 0.05) is 6.61 Å². The van der Waals surface area contributed by atoms with Gasteiger partial charge in [-0.05, 0) is 18.4 Å². The Balaban J connectivity index is 2.04. The summed E-state index contributed by atoms with van der Waals surface area (Å²) < 4.78 is 5.24. The van der Waals surface area contributed by atoms with Crippen LogP contribution in [0.2, 0.25) is 0 Å². The molecule has 0 spiro atoms. The number of nitrogens with one attached hydrogen (secondary N) is 1. The summed E-state index contributed by atoms with van der Waals surface area (Å²) in [6, 6.07) is 7.68. The average molecular weight is 263 g/mol. The minimum Gasteiger partial charge on any atom is -0.479 e. The number of benzene rings is 1. The molecule has 2 N–H and O–H groups in total. The first-order valence-electron chi connectivity index (χ1n) is 6.34. The van der Waals surface area contributed by atoms with Crippen LogP contribution in [0.3, 0.4) is 0 Å². The number of carbonyl (C=O) groups excluding carboxylic acids is 1. The first-order chi connectivity index (χ1) is 9.18. The molecule has 5 heteroatoms. The lowest BCUT2D eigenvalue weighted by Crippen LogP contribution is -2.40. The second-order valence-electron chi connectivity index (χ2n) is 4.60. The molecule has 0 aliphatic carbocycles. The molecule has 1 aromatic carbocycles. The Bertz CT molecular complexity index is 440. The Morgan fingerprint density at radius 3 is 2.63 bits per heavy atom. The van der Waals surface area contributed by atoms with Gasteiger partial charge in [-0.15, -0.1) is 0 Å². The van der Waals surface area contributed by atoms with Crippen LogP contribution in [0.4, 0.5) is 0 Å². The Kier molecular flexibility index (Phi) is 4.52. The minimum absolute atomic E-state index is 0.251. The molecule has 0 aromatic heterocycles. The number of rotatable bonds is 4. The highest BCUT2D eigenvalue weighted by molar-refractivity contribution is 5.85. The van der Waals surface area contributed by atoms with Crippen LogP contribution in [0.5, 0.6) is 0 Å². The molecular weight excluding hydrogens is 246 g/mol. The van der Waals surface area contributed by atoms with E-state index in [4.69, 9.17) is 4.74 Å². The van der Waals surface area contributed by atoms with E-state index in [1.807, 2.05) is 0 Å². The number of hydrogen-bond donors (Lipinski definition) is 2. The van der Waals surface area contributed by atoms with Crippen molar-refractivity contribution in [2.75, 3.05) is 13.2 Å². The van der Waals surface area contributed by atoms with Gasteiger partial charge in [0.1, 0.15) is 0 Å². The summed E-state index contributed by atoms with van der Waals surface area (Å²) in [5.74, 6) is -1.56. The second kappa shape index (κ2) is 6.33. The van der Waals surface area contributed by atoms with Gasteiger partial charge in [-0.1, -0.05) is 30.3 Å². The quantitative estimate of drug-likeness (QED) is 0.860. The average Bonchev–Trinajstić information content (AvgIpc) is 2.46. The lowest BCUT2D eigenvalue weighted by Gasteiger charge is -2.23. The molecule has 0 unspecified atom stereocenters. The molecule has 0 bridgehead atoms. The van der Waals surface area contributed by atoms with Crippen molar-refractivity contribution in [2.45, 2.75) is 18.9 Å². The Labute approximate surface area is 111 Å². The van der Waals surface area contributed by atoms with Crippen molar-refractivity contribution in [3.8, 4) is 0 Å². The summed E-state index contributed by atoms with van der Waals surface area (Å²) in [6.45, 7) is 1.04. The molecule has 2 rings (SSSR count). The van der Waals surface area contributed by atoms with Crippen LogP contribution in [0.25, 0.3) is 0 Å². The molecule has 19 heavy (non-hydrogen) atoms. The zero-order chi connectivity index (χ0) is 13.7. The smallest absolute Gasteiger partial charge is 0.330 e. The first kappa shape index (κ1) is 13.5. The molecular formula is C14H17NO4. The Morgan fingerprint density at radius 2 is 2.05 bits per heavy atom. The van der Waals surface area contributed by atoms with Gasteiger partial charge in [0.2, 0.25) is 5.91 Å². The van der Waals surface area contributed by atoms with Gasteiger partial charge in [-0.2, -0.15) is 0 Å². The van der Waals surface area contributed by atoms with Crippen LogP contribution in [0, 0.1) is 5.92 Å². The first-order valence-corrected chi connectivity index (χ1v) is 6.34. The fourth-order valence-corrected chi connectivity index (χ4v) is 2.14. The van der Waals surface area contributed by atoms with Crippen LogP contribution in [-0.4, -0.2) is 30.2 Å². The molecule has 5 nitrogen and oxygen atoms in total. The molecule has 1 saturated heterocycles. The normalized spacial score (nSPS) is 20.5. The summed E-state index contributed by atoms with van der Waals surface area (Å²) in [7, 11) is 0. The standard InChI is InChI=1S/C14H17NO4/c16-13(11-7-4-8-19-9-11)15-12(14(17)18)10-5-2-1-3-6-10/h1-3,5-6,11-12H,4,7-9H2,(H,15,16)(H,17,18)/t11-,12-/m0/s1. The lowest BCUT2D eigenvalue weighted by molar-refractivity contribution is -0.143. The highest BCUT2D eigenvalue weighted by Crippen LogP contribution is 2.17. The van der Waals surface area contributed by atoms with Crippen molar-refractivity contribution < 1.29 is 19.4 Å². The number of carboxylic acids is 1. The molecule has 0 radical (unpaired) electrons. The molecule has 1 aliphatic heterocycles. The second-order valence-corrected chi connectivity index (χ2v) is 4.60. The van der Waals surface area contributed by atoms with Gasteiger partial charge in [0.25, 0.3) is 0 Å². The van der Waals surface area contributed by atoms with Gasteiger partial charge in [0.05, 0.1) is 12.5 Å². The number of amides is 1. The van der Waals surface area contributed by atoms with Crippen molar-refractivity contribution in [3.05, 3.63) is 35.9 Å². The van der Waals surface area contributed by atoms with Crippen LogP contribution in [0.1, 0.15) is 24.4 Å². The van der Waals surface area contributed by atoms with E-state index in [1.165, 1.54) is 0 Å². The molecule has 1 aliphatic rings. The number of ether oxygens (including phenoxy) is 1. The molecule has 102 valence electrons. The van der Waals surface area contributed by atoms with E-state index in [2.05, 4.69) is 5.32 Å². The Morgan fingerprint density at radius 1 is 1.32 bits per heavy atom. The number of carboxylic acid groups (broad SMARTS) is 1. The SMILES string of the molecule is O=C(N[C@H](C(=O)O)c1ccccc1)[C@H]1CCCOC1. The van der Waals surface area contributed by atoms with Crippen LogP contribution in [-0.2, 0) is 14.3 Å². The predicted octanol–water partition coefficient (Wildman–Crippen LogP) is 1.36. The largest absolute Gasteiger partial charge is 0.479 e. The van der Waals surface area contributed by atoms with E-state index < -0.39 is 12.0 Å². The monoisotopic (exact) mass is 263 g/mol. The van der Waals surface area contributed by atoms with Crippen molar-refractivity contribution in [2.24, 2.45) is 5.92 Å². The van der Waals surface area contributed by atoms with E-state index in [-0.39, 0.29) is 11.8 Å². The molecule has 0 saturated carbocycles. The van der Waals surface area contributed by atoms with Crippen molar-refractivity contribution in [1.29, 1.82) is 0 Å². The van der Waals surface area contributed by atoms with Crippen LogP contribution in [0.15, 0.2) is 30.3 Å². The zero-order valence-corrected chi connectivity index (χ0v) is 10.5. The number of hydrogen-bond acceptors (Lipinski definition) is 3. The van der Waals surface area contributed by atoms with E-state index in [9.17, 15) is 14.7 Å². The molecule has 1 heterocycles. The van der Waals surface area contributed by atoms with E-state index in [0.29, 0.717) is 18.8 Å². The Hall–Kier alpha value is -1.88. The summed E-state index contributed by atoms with van der Waals surface area (Å²) in [6.07, 6.45) is 1.58. The minimum atomic E-state index is -1.06. The van der Waals surface area contributed by atoms with E-state index in [0.717, 1.165) is 12.8 Å². The van der Waals surface area contributed by atoms with Gasteiger partial charge in [-0.3, -0.25) is 4.79 Å². The van der Waals surface area contributed by atoms with E-state index >= 15 is 0 Å². The van der Waals surface area contributed by atoms with Gasteiger partial charge >= 0.3 is 5.97 Å². The van der Waals surface area contributed by atoms with Crippen LogP contribution < -0.4 is 5.32 Å². The van der Waals surface area contributed by atoms with Gasteiger partial charge < -0.3 is 15.2 Å². The summed E-state index contributed by atoms with van der Waals surface area (Å²) in [5.41, 5.74) is 0.570. The third-order valence-electron chi connectivity index (χ3n) is 3.20.